The summed E-state index contributed by atoms with van der Waals surface area (Å²) in [6.45, 7) is 3.28. The van der Waals surface area contributed by atoms with Gasteiger partial charge in [0.2, 0.25) is 5.91 Å². The average Bonchev–Trinajstić information content (AvgIpc) is 2.29. The fourth-order valence-corrected chi connectivity index (χ4v) is 1.23. The monoisotopic (exact) mass is 222 g/mol. The molecule has 0 saturated carbocycles. The molecule has 0 heterocycles. The van der Waals surface area contributed by atoms with E-state index < -0.39 is 0 Å². The molecule has 0 atom stereocenters. The summed E-state index contributed by atoms with van der Waals surface area (Å²) in [7, 11) is 3.53. The molecule has 4 nitrogen and oxygen atoms in total. The van der Waals surface area contributed by atoms with Gasteiger partial charge in [-0.1, -0.05) is 6.92 Å². The van der Waals surface area contributed by atoms with Gasteiger partial charge in [-0.3, -0.25) is 9.69 Å². The van der Waals surface area contributed by atoms with Gasteiger partial charge in [-0.15, -0.1) is 0 Å². The van der Waals surface area contributed by atoms with Crippen LogP contribution in [0.4, 0.5) is 5.69 Å². The highest BCUT2D eigenvalue weighted by atomic mass is 16.5. The molecule has 1 N–H and O–H groups in total. The highest BCUT2D eigenvalue weighted by Gasteiger charge is 2.04. The first-order chi connectivity index (χ1) is 7.65. The molecule has 1 amide bonds. The second-order valence-electron chi connectivity index (χ2n) is 3.61. The van der Waals surface area contributed by atoms with E-state index in [-0.39, 0.29) is 5.91 Å². The molecule has 0 aromatic heterocycles. The Bertz CT molecular complexity index is 335. The number of carbonyl (C=O) groups excluding carboxylic acids is 1. The molecule has 0 saturated heterocycles. The van der Waals surface area contributed by atoms with Gasteiger partial charge in [0, 0.05) is 5.69 Å². The van der Waals surface area contributed by atoms with Crippen molar-refractivity contribution in [2.75, 3.05) is 32.6 Å². The molecular weight excluding hydrogens is 204 g/mol. The number of ether oxygens (including phenoxy) is 1. The third kappa shape index (κ3) is 3.90. The number of methoxy groups -OCH3 is 1. The number of carbonyl (C=O) groups is 1. The topological polar surface area (TPSA) is 41.6 Å². The Labute approximate surface area is 96.2 Å². The Morgan fingerprint density at radius 2 is 2.00 bits per heavy atom. The van der Waals surface area contributed by atoms with Crippen molar-refractivity contribution in [2.45, 2.75) is 6.92 Å². The lowest BCUT2D eigenvalue weighted by Gasteiger charge is -2.13. The van der Waals surface area contributed by atoms with Crippen LogP contribution in [0.3, 0.4) is 0 Å². The normalized spacial score (nSPS) is 10.2. The van der Waals surface area contributed by atoms with Crippen LogP contribution in [0.25, 0.3) is 0 Å². The molecule has 0 fully saturated rings. The molecule has 16 heavy (non-hydrogen) atoms. The van der Waals surface area contributed by atoms with Crippen LogP contribution >= 0.6 is 0 Å². The second kappa shape index (κ2) is 6.12. The van der Waals surface area contributed by atoms with Crippen LogP contribution in [0, 0.1) is 0 Å². The third-order valence-electron chi connectivity index (χ3n) is 2.33. The molecule has 0 bridgehead atoms. The fourth-order valence-electron chi connectivity index (χ4n) is 1.23. The lowest BCUT2D eigenvalue weighted by atomic mass is 10.3. The van der Waals surface area contributed by atoms with Crippen molar-refractivity contribution in [2.24, 2.45) is 0 Å². The van der Waals surface area contributed by atoms with E-state index in [1.807, 2.05) is 43.1 Å². The van der Waals surface area contributed by atoms with Crippen molar-refractivity contribution in [3.05, 3.63) is 24.3 Å². The number of rotatable bonds is 5. The molecule has 1 aromatic rings. The number of benzene rings is 1. The molecule has 4 heteroatoms. The number of hydrogen-bond donors (Lipinski definition) is 1. The zero-order chi connectivity index (χ0) is 12.0. The minimum absolute atomic E-state index is 0.00508. The van der Waals surface area contributed by atoms with Crippen LogP contribution in [0.2, 0.25) is 0 Å². The summed E-state index contributed by atoms with van der Waals surface area (Å²) in [6.07, 6.45) is 0. The molecule has 0 aliphatic heterocycles. The average molecular weight is 222 g/mol. The predicted molar refractivity (Wildman–Crippen MR) is 64.8 cm³/mol. The van der Waals surface area contributed by atoms with Crippen LogP contribution < -0.4 is 10.1 Å². The van der Waals surface area contributed by atoms with Crippen molar-refractivity contribution in [3.63, 3.8) is 0 Å². The Balaban J connectivity index is 2.49. The molecular formula is C12H18N2O2. The summed E-state index contributed by atoms with van der Waals surface area (Å²) >= 11 is 0. The molecule has 0 aliphatic carbocycles. The zero-order valence-electron chi connectivity index (χ0n) is 9.99. The van der Waals surface area contributed by atoms with Crippen LogP contribution in [0.5, 0.6) is 5.75 Å². The van der Waals surface area contributed by atoms with Crippen molar-refractivity contribution >= 4 is 11.6 Å². The first kappa shape index (κ1) is 12.5. The smallest absolute Gasteiger partial charge is 0.238 e. The first-order valence-electron chi connectivity index (χ1n) is 5.28. The maximum atomic E-state index is 11.6. The Morgan fingerprint density at radius 3 is 2.50 bits per heavy atom. The summed E-state index contributed by atoms with van der Waals surface area (Å²) in [6, 6.07) is 7.28. The highest BCUT2D eigenvalue weighted by Crippen LogP contribution is 2.14. The van der Waals surface area contributed by atoms with Gasteiger partial charge in [0.15, 0.2) is 0 Å². The van der Waals surface area contributed by atoms with Gasteiger partial charge in [0.1, 0.15) is 5.75 Å². The van der Waals surface area contributed by atoms with Gasteiger partial charge in [-0.25, -0.2) is 0 Å². The maximum Gasteiger partial charge on any atom is 0.238 e. The Kier molecular flexibility index (Phi) is 4.79. The SMILES string of the molecule is CCN(C)CC(=O)Nc1ccc(OC)cc1. The number of nitrogens with one attached hydrogen (secondary N) is 1. The van der Waals surface area contributed by atoms with Gasteiger partial charge in [0.25, 0.3) is 0 Å². The lowest BCUT2D eigenvalue weighted by molar-refractivity contribution is -0.117. The highest BCUT2D eigenvalue weighted by molar-refractivity contribution is 5.92. The Morgan fingerprint density at radius 1 is 1.38 bits per heavy atom. The Hall–Kier alpha value is -1.55. The molecule has 1 rings (SSSR count). The van der Waals surface area contributed by atoms with E-state index >= 15 is 0 Å². The molecule has 0 radical (unpaired) electrons. The summed E-state index contributed by atoms with van der Waals surface area (Å²) in [5.74, 6) is 0.776. The standard InChI is InChI=1S/C12H18N2O2/c1-4-14(2)9-12(15)13-10-5-7-11(16-3)8-6-10/h5-8H,4,9H2,1-3H3,(H,13,15). The van der Waals surface area contributed by atoms with Crippen molar-refractivity contribution in [1.29, 1.82) is 0 Å². The van der Waals surface area contributed by atoms with E-state index in [1.165, 1.54) is 0 Å². The van der Waals surface area contributed by atoms with Crippen molar-refractivity contribution in [3.8, 4) is 5.75 Å². The van der Waals surface area contributed by atoms with Gasteiger partial charge < -0.3 is 10.1 Å². The minimum atomic E-state index is -0.00508. The van der Waals surface area contributed by atoms with Crippen LogP contribution in [0.1, 0.15) is 6.92 Å². The maximum absolute atomic E-state index is 11.6. The number of nitrogens with zero attached hydrogens (tertiary/aromatic N) is 1. The summed E-state index contributed by atoms with van der Waals surface area (Å²) < 4.78 is 5.04. The van der Waals surface area contributed by atoms with E-state index in [1.54, 1.807) is 7.11 Å². The summed E-state index contributed by atoms with van der Waals surface area (Å²) in [5, 5.41) is 2.82. The summed E-state index contributed by atoms with van der Waals surface area (Å²) in [4.78, 5) is 13.5. The molecule has 0 spiro atoms. The van der Waals surface area contributed by atoms with Gasteiger partial charge in [0.05, 0.1) is 13.7 Å². The van der Waals surface area contributed by atoms with Crippen LogP contribution in [-0.2, 0) is 4.79 Å². The van der Waals surface area contributed by atoms with Gasteiger partial charge in [-0.2, -0.15) is 0 Å². The van der Waals surface area contributed by atoms with Crippen molar-refractivity contribution in [1.82, 2.24) is 4.90 Å². The van der Waals surface area contributed by atoms with Crippen molar-refractivity contribution < 1.29 is 9.53 Å². The first-order valence-corrected chi connectivity index (χ1v) is 5.28. The lowest BCUT2D eigenvalue weighted by Crippen LogP contribution is -2.29. The number of amides is 1. The largest absolute Gasteiger partial charge is 0.497 e. The fraction of sp³-hybridized carbons (Fsp3) is 0.417. The molecule has 0 aliphatic rings. The zero-order valence-corrected chi connectivity index (χ0v) is 9.99. The molecule has 0 unspecified atom stereocenters. The third-order valence-corrected chi connectivity index (χ3v) is 2.33. The minimum Gasteiger partial charge on any atom is -0.497 e. The van der Waals surface area contributed by atoms with E-state index in [0.717, 1.165) is 18.0 Å². The predicted octanol–water partition coefficient (Wildman–Crippen LogP) is 1.59. The van der Waals surface area contributed by atoms with Crippen LogP contribution in [0.15, 0.2) is 24.3 Å². The molecule has 88 valence electrons. The van der Waals surface area contributed by atoms with E-state index in [2.05, 4.69) is 5.32 Å². The van der Waals surface area contributed by atoms with Crippen LogP contribution in [-0.4, -0.2) is 38.1 Å². The van der Waals surface area contributed by atoms with E-state index in [0.29, 0.717) is 6.54 Å². The molecule has 1 aromatic carbocycles. The summed E-state index contributed by atoms with van der Waals surface area (Å²) in [5.41, 5.74) is 0.787. The number of hydrogen-bond acceptors (Lipinski definition) is 3. The van der Waals surface area contributed by atoms with Gasteiger partial charge in [-0.05, 0) is 37.9 Å². The van der Waals surface area contributed by atoms with E-state index in [9.17, 15) is 4.79 Å². The number of anilines is 1. The number of likely N-dealkylation sites (N-methyl/N-ethyl adjacent to an activating group) is 1. The van der Waals surface area contributed by atoms with Gasteiger partial charge >= 0.3 is 0 Å². The quantitative estimate of drug-likeness (QED) is 0.822. The second-order valence-corrected chi connectivity index (χ2v) is 3.61. The van der Waals surface area contributed by atoms with E-state index in [4.69, 9.17) is 4.74 Å².